The SMILES string of the molecule is CC[C@@H](C)NC(=O)[C@H](Cc1ccccc1)N(Cc1ccccc1)C(=O)COc1ccccc1C. The van der Waals surface area contributed by atoms with Crippen molar-refractivity contribution in [1.29, 1.82) is 0 Å². The number of carbonyl (C=O) groups excluding carboxylic acids is 2. The lowest BCUT2D eigenvalue weighted by molar-refractivity contribution is -0.143. The van der Waals surface area contributed by atoms with E-state index in [2.05, 4.69) is 5.32 Å². The lowest BCUT2D eigenvalue weighted by Crippen LogP contribution is -2.53. The minimum absolute atomic E-state index is 0.0164. The Hall–Kier alpha value is -3.60. The molecule has 2 atom stereocenters. The zero-order valence-corrected chi connectivity index (χ0v) is 20.2. The second kappa shape index (κ2) is 12.6. The van der Waals surface area contributed by atoms with E-state index in [9.17, 15) is 9.59 Å². The summed E-state index contributed by atoms with van der Waals surface area (Å²) in [6, 6.07) is 26.5. The van der Waals surface area contributed by atoms with Gasteiger partial charge in [0, 0.05) is 19.0 Å². The molecular weight excluding hydrogens is 424 g/mol. The molecule has 0 heterocycles. The summed E-state index contributed by atoms with van der Waals surface area (Å²) in [4.78, 5) is 28.6. The van der Waals surface area contributed by atoms with Gasteiger partial charge in [-0.15, -0.1) is 0 Å². The van der Waals surface area contributed by atoms with E-state index in [1.165, 1.54) is 0 Å². The molecule has 0 saturated carbocycles. The van der Waals surface area contributed by atoms with Crippen LogP contribution in [-0.4, -0.2) is 35.4 Å². The summed E-state index contributed by atoms with van der Waals surface area (Å²) in [5, 5.41) is 3.08. The van der Waals surface area contributed by atoms with Gasteiger partial charge in [0.25, 0.3) is 5.91 Å². The van der Waals surface area contributed by atoms with Crippen molar-refractivity contribution in [3.05, 3.63) is 102 Å². The maximum atomic E-state index is 13.5. The second-order valence-electron chi connectivity index (χ2n) is 8.58. The predicted molar refractivity (Wildman–Crippen MR) is 135 cm³/mol. The van der Waals surface area contributed by atoms with Gasteiger partial charge in [0.05, 0.1) is 0 Å². The van der Waals surface area contributed by atoms with Gasteiger partial charge in [-0.2, -0.15) is 0 Å². The quantitative estimate of drug-likeness (QED) is 0.443. The number of para-hydroxylation sites is 1. The van der Waals surface area contributed by atoms with Gasteiger partial charge < -0.3 is 15.0 Å². The minimum atomic E-state index is -0.662. The third-order valence-corrected chi connectivity index (χ3v) is 5.91. The molecule has 3 aromatic rings. The molecular formula is C29H34N2O3. The van der Waals surface area contributed by atoms with Gasteiger partial charge in [-0.25, -0.2) is 0 Å². The average molecular weight is 459 g/mol. The fourth-order valence-corrected chi connectivity index (χ4v) is 3.72. The van der Waals surface area contributed by atoms with E-state index in [1.807, 2.05) is 106 Å². The van der Waals surface area contributed by atoms with Crippen LogP contribution in [0.3, 0.4) is 0 Å². The molecule has 3 aromatic carbocycles. The summed E-state index contributed by atoms with van der Waals surface area (Å²) in [5.41, 5.74) is 2.92. The van der Waals surface area contributed by atoms with Crippen molar-refractivity contribution in [3.63, 3.8) is 0 Å². The van der Waals surface area contributed by atoms with Crippen molar-refractivity contribution < 1.29 is 14.3 Å². The molecule has 0 bridgehead atoms. The van der Waals surface area contributed by atoms with E-state index >= 15 is 0 Å². The lowest BCUT2D eigenvalue weighted by atomic mass is 10.0. The number of nitrogens with one attached hydrogen (secondary N) is 1. The highest BCUT2D eigenvalue weighted by molar-refractivity contribution is 5.88. The zero-order chi connectivity index (χ0) is 24.3. The molecule has 34 heavy (non-hydrogen) atoms. The zero-order valence-electron chi connectivity index (χ0n) is 20.2. The molecule has 3 rings (SSSR count). The largest absolute Gasteiger partial charge is 0.484 e. The Bertz CT molecular complexity index is 1050. The third-order valence-electron chi connectivity index (χ3n) is 5.91. The van der Waals surface area contributed by atoms with Gasteiger partial charge in [-0.05, 0) is 43.0 Å². The molecule has 0 fully saturated rings. The maximum Gasteiger partial charge on any atom is 0.261 e. The Morgan fingerprint density at radius 2 is 1.47 bits per heavy atom. The predicted octanol–water partition coefficient (Wildman–Crippen LogP) is 4.93. The first kappa shape index (κ1) is 25.0. The van der Waals surface area contributed by atoms with E-state index in [0.717, 1.165) is 23.1 Å². The van der Waals surface area contributed by atoms with E-state index in [0.29, 0.717) is 18.7 Å². The summed E-state index contributed by atoms with van der Waals surface area (Å²) >= 11 is 0. The van der Waals surface area contributed by atoms with Crippen LogP contribution in [0.5, 0.6) is 5.75 Å². The van der Waals surface area contributed by atoms with E-state index in [4.69, 9.17) is 4.74 Å². The number of hydrogen-bond acceptors (Lipinski definition) is 3. The Morgan fingerprint density at radius 3 is 2.09 bits per heavy atom. The van der Waals surface area contributed by atoms with Crippen molar-refractivity contribution in [2.24, 2.45) is 0 Å². The first-order valence-corrected chi connectivity index (χ1v) is 11.8. The van der Waals surface area contributed by atoms with Gasteiger partial charge in [0.2, 0.25) is 5.91 Å². The van der Waals surface area contributed by atoms with Gasteiger partial charge in [0.15, 0.2) is 6.61 Å². The van der Waals surface area contributed by atoms with Gasteiger partial charge >= 0.3 is 0 Å². The molecule has 5 nitrogen and oxygen atoms in total. The molecule has 0 aromatic heterocycles. The fraction of sp³-hybridized carbons (Fsp3) is 0.310. The van der Waals surface area contributed by atoms with Crippen molar-refractivity contribution in [2.45, 2.75) is 52.2 Å². The minimum Gasteiger partial charge on any atom is -0.484 e. The van der Waals surface area contributed by atoms with Crippen molar-refractivity contribution in [1.82, 2.24) is 10.2 Å². The molecule has 1 N–H and O–H groups in total. The van der Waals surface area contributed by atoms with Gasteiger partial charge in [0.1, 0.15) is 11.8 Å². The standard InChI is InChI=1S/C29H34N2O3/c1-4-23(3)30-29(33)26(19-24-14-7-5-8-15-24)31(20-25-16-9-6-10-17-25)28(32)21-34-27-18-12-11-13-22(27)2/h5-18,23,26H,4,19-21H2,1-3H3,(H,30,33)/t23-,26+/m1/s1. The molecule has 0 spiro atoms. The van der Waals surface area contributed by atoms with Crippen LogP contribution in [0, 0.1) is 6.92 Å². The van der Waals surface area contributed by atoms with Gasteiger partial charge in [-0.1, -0.05) is 85.8 Å². The number of aryl methyl sites for hydroxylation is 1. The Labute approximate surface area is 202 Å². The first-order chi connectivity index (χ1) is 16.5. The van der Waals surface area contributed by atoms with Crippen molar-refractivity contribution in [2.75, 3.05) is 6.61 Å². The summed E-state index contributed by atoms with van der Waals surface area (Å²) in [7, 11) is 0. The molecule has 0 unspecified atom stereocenters. The number of nitrogens with zero attached hydrogens (tertiary/aromatic N) is 1. The number of ether oxygens (including phenoxy) is 1. The first-order valence-electron chi connectivity index (χ1n) is 11.8. The van der Waals surface area contributed by atoms with E-state index in [1.54, 1.807) is 4.90 Å². The Kier molecular flexibility index (Phi) is 9.27. The van der Waals surface area contributed by atoms with Crippen LogP contribution in [0.25, 0.3) is 0 Å². The van der Waals surface area contributed by atoms with Crippen LogP contribution >= 0.6 is 0 Å². The van der Waals surface area contributed by atoms with E-state index in [-0.39, 0.29) is 24.5 Å². The molecule has 5 heteroatoms. The number of hydrogen-bond donors (Lipinski definition) is 1. The van der Waals surface area contributed by atoms with Crippen LogP contribution in [0.15, 0.2) is 84.9 Å². The summed E-state index contributed by atoms with van der Waals surface area (Å²) in [6.07, 6.45) is 1.23. The molecule has 0 saturated heterocycles. The third kappa shape index (κ3) is 7.20. The highest BCUT2D eigenvalue weighted by atomic mass is 16.5. The summed E-state index contributed by atoms with van der Waals surface area (Å²) in [6.45, 7) is 6.13. The van der Waals surface area contributed by atoms with Crippen LogP contribution in [-0.2, 0) is 22.6 Å². The molecule has 0 aliphatic rings. The maximum absolute atomic E-state index is 13.5. The highest BCUT2D eigenvalue weighted by Gasteiger charge is 2.31. The van der Waals surface area contributed by atoms with Crippen LogP contribution in [0.2, 0.25) is 0 Å². The van der Waals surface area contributed by atoms with Gasteiger partial charge in [-0.3, -0.25) is 9.59 Å². The van der Waals surface area contributed by atoms with Crippen LogP contribution in [0.4, 0.5) is 0 Å². The second-order valence-corrected chi connectivity index (χ2v) is 8.58. The van der Waals surface area contributed by atoms with Crippen LogP contribution in [0.1, 0.15) is 37.0 Å². The van der Waals surface area contributed by atoms with Crippen LogP contribution < -0.4 is 10.1 Å². The molecule has 178 valence electrons. The smallest absolute Gasteiger partial charge is 0.261 e. The van der Waals surface area contributed by atoms with E-state index < -0.39 is 6.04 Å². The number of rotatable bonds is 11. The molecule has 0 aliphatic heterocycles. The number of amides is 2. The summed E-state index contributed by atoms with van der Waals surface area (Å²) in [5.74, 6) is 0.282. The van der Waals surface area contributed by atoms with Crippen molar-refractivity contribution >= 4 is 11.8 Å². The topological polar surface area (TPSA) is 58.6 Å². The lowest BCUT2D eigenvalue weighted by Gasteiger charge is -2.32. The molecule has 2 amide bonds. The highest BCUT2D eigenvalue weighted by Crippen LogP contribution is 2.18. The molecule has 0 radical (unpaired) electrons. The fourth-order valence-electron chi connectivity index (χ4n) is 3.72. The average Bonchev–Trinajstić information content (AvgIpc) is 2.86. The number of benzene rings is 3. The molecule has 0 aliphatic carbocycles. The van der Waals surface area contributed by atoms with Crippen molar-refractivity contribution in [3.8, 4) is 5.75 Å². The summed E-state index contributed by atoms with van der Waals surface area (Å²) < 4.78 is 5.88. The Morgan fingerprint density at radius 1 is 0.882 bits per heavy atom. The monoisotopic (exact) mass is 458 g/mol. The number of carbonyl (C=O) groups is 2. The normalized spacial score (nSPS) is 12.4. The Balaban J connectivity index is 1.90.